The van der Waals surface area contributed by atoms with E-state index in [0.29, 0.717) is 22.2 Å². The van der Waals surface area contributed by atoms with Gasteiger partial charge in [0.2, 0.25) is 0 Å². The van der Waals surface area contributed by atoms with Crippen molar-refractivity contribution in [3.05, 3.63) is 68.7 Å². The average Bonchev–Trinajstić information content (AvgIpc) is 2.56. The minimum Gasteiger partial charge on any atom is -0.477 e. The van der Waals surface area contributed by atoms with Gasteiger partial charge in [0.25, 0.3) is 5.56 Å². The molecule has 3 aromatic rings. The van der Waals surface area contributed by atoms with E-state index in [0.717, 1.165) is 6.07 Å². The van der Waals surface area contributed by atoms with E-state index < -0.39 is 17.3 Å². The standard InChI is InChI=1S/C18H13ClFNO4/c1-9-3-4-10-7-12(18(23)24)17(22)21(2)15(10)16(9)25-14-8-11(20)5-6-13(14)19/h3-8H,1-2H3,(H,23,24). The van der Waals surface area contributed by atoms with Crippen LogP contribution in [0.15, 0.2) is 41.2 Å². The summed E-state index contributed by atoms with van der Waals surface area (Å²) < 4.78 is 20.5. The number of fused-ring (bicyclic) bond motifs is 1. The monoisotopic (exact) mass is 361 g/mol. The molecule has 0 aliphatic rings. The van der Waals surface area contributed by atoms with Crippen molar-refractivity contribution in [3.8, 4) is 11.5 Å². The number of carbonyl (C=O) groups is 1. The normalized spacial score (nSPS) is 10.9. The number of nitrogens with zero attached hydrogens (tertiary/aromatic N) is 1. The van der Waals surface area contributed by atoms with Crippen LogP contribution in [-0.4, -0.2) is 15.6 Å². The summed E-state index contributed by atoms with van der Waals surface area (Å²) in [5.41, 5.74) is 0.0793. The quantitative estimate of drug-likeness (QED) is 0.761. The highest BCUT2D eigenvalue weighted by atomic mass is 35.5. The Kier molecular flexibility index (Phi) is 4.22. The van der Waals surface area contributed by atoms with Gasteiger partial charge in [0, 0.05) is 18.5 Å². The van der Waals surface area contributed by atoms with Crippen LogP contribution in [0.4, 0.5) is 4.39 Å². The van der Waals surface area contributed by atoms with Crippen LogP contribution >= 0.6 is 11.6 Å². The molecule has 0 radical (unpaired) electrons. The molecule has 0 spiro atoms. The molecular formula is C18H13ClFNO4. The first-order valence-corrected chi connectivity index (χ1v) is 7.67. The van der Waals surface area contributed by atoms with Crippen molar-refractivity contribution in [2.75, 3.05) is 0 Å². The molecule has 0 bridgehead atoms. The molecule has 25 heavy (non-hydrogen) atoms. The lowest BCUT2D eigenvalue weighted by Gasteiger charge is -2.16. The minimum atomic E-state index is -1.31. The van der Waals surface area contributed by atoms with E-state index in [1.54, 1.807) is 19.1 Å². The van der Waals surface area contributed by atoms with Crippen molar-refractivity contribution in [1.82, 2.24) is 4.57 Å². The molecule has 2 aromatic carbocycles. The second-order valence-corrected chi connectivity index (χ2v) is 5.96. The Balaban J connectivity index is 2.29. The number of carboxylic acids is 1. The van der Waals surface area contributed by atoms with Gasteiger partial charge in [0.05, 0.1) is 10.5 Å². The molecule has 0 saturated carbocycles. The Bertz CT molecular complexity index is 1070. The number of hydrogen-bond donors (Lipinski definition) is 1. The molecule has 5 nitrogen and oxygen atoms in total. The van der Waals surface area contributed by atoms with Crippen LogP contribution in [0.1, 0.15) is 15.9 Å². The molecule has 1 aromatic heterocycles. The van der Waals surface area contributed by atoms with Gasteiger partial charge in [-0.15, -0.1) is 0 Å². The largest absolute Gasteiger partial charge is 0.477 e. The maximum atomic E-state index is 13.5. The molecule has 1 heterocycles. The third-order valence-electron chi connectivity index (χ3n) is 3.87. The van der Waals surface area contributed by atoms with E-state index in [1.165, 1.54) is 29.8 Å². The third kappa shape index (κ3) is 2.96. The third-order valence-corrected chi connectivity index (χ3v) is 4.18. The SMILES string of the molecule is Cc1ccc2cc(C(=O)O)c(=O)n(C)c2c1Oc1cc(F)ccc1Cl. The second kappa shape index (κ2) is 6.22. The number of pyridine rings is 1. The van der Waals surface area contributed by atoms with Gasteiger partial charge in [-0.1, -0.05) is 23.7 Å². The summed E-state index contributed by atoms with van der Waals surface area (Å²) in [6.07, 6.45) is 0. The van der Waals surface area contributed by atoms with Gasteiger partial charge in [-0.05, 0) is 30.7 Å². The number of hydrogen-bond acceptors (Lipinski definition) is 3. The van der Waals surface area contributed by atoms with Gasteiger partial charge in [0.1, 0.15) is 17.1 Å². The van der Waals surface area contributed by atoms with Crippen molar-refractivity contribution in [3.63, 3.8) is 0 Å². The lowest BCUT2D eigenvalue weighted by molar-refractivity contribution is 0.0694. The number of rotatable bonds is 3. The van der Waals surface area contributed by atoms with Crippen LogP contribution in [0.5, 0.6) is 11.5 Å². The first-order chi connectivity index (χ1) is 11.8. The molecule has 1 N–H and O–H groups in total. The van der Waals surface area contributed by atoms with Gasteiger partial charge in [-0.2, -0.15) is 0 Å². The van der Waals surface area contributed by atoms with E-state index in [4.69, 9.17) is 16.3 Å². The Morgan fingerprint density at radius 2 is 1.96 bits per heavy atom. The summed E-state index contributed by atoms with van der Waals surface area (Å²) in [7, 11) is 1.45. The van der Waals surface area contributed by atoms with E-state index in [2.05, 4.69) is 0 Å². The van der Waals surface area contributed by atoms with Gasteiger partial charge >= 0.3 is 5.97 Å². The number of benzene rings is 2. The lowest BCUT2D eigenvalue weighted by atomic mass is 10.1. The van der Waals surface area contributed by atoms with E-state index in [9.17, 15) is 19.1 Å². The van der Waals surface area contributed by atoms with E-state index in [-0.39, 0.29) is 16.3 Å². The average molecular weight is 362 g/mol. The lowest BCUT2D eigenvalue weighted by Crippen LogP contribution is -2.24. The highest BCUT2D eigenvalue weighted by Crippen LogP contribution is 2.36. The Labute approximate surface area is 146 Å². The number of aromatic carboxylic acids is 1. The topological polar surface area (TPSA) is 68.5 Å². The summed E-state index contributed by atoms with van der Waals surface area (Å²) in [6.45, 7) is 1.76. The highest BCUT2D eigenvalue weighted by Gasteiger charge is 2.18. The van der Waals surface area contributed by atoms with Crippen LogP contribution in [0.3, 0.4) is 0 Å². The molecule has 0 atom stereocenters. The van der Waals surface area contributed by atoms with Crippen molar-refractivity contribution in [2.24, 2.45) is 7.05 Å². The maximum Gasteiger partial charge on any atom is 0.341 e. The zero-order valence-electron chi connectivity index (χ0n) is 13.3. The number of aryl methyl sites for hydroxylation is 2. The minimum absolute atomic E-state index is 0.104. The summed E-state index contributed by atoms with van der Waals surface area (Å²) in [5, 5.41) is 9.89. The number of halogens is 2. The molecule has 0 unspecified atom stereocenters. The van der Waals surface area contributed by atoms with Crippen LogP contribution in [0, 0.1) is 12.7 Å². The zero-order chi connectivity index (χ0) is 18.3. The zero-order valence-corrected chi connectivity index (χ0v) is 14.1. The van der Waals surface area contributed by atoms with Crippen molar-refractivity contribution in [1.29, 1.82) is 0 Å². The van der Waals surface area contributed by atoms with Crippen LogP contribution < -0.4 is 10.3 Å². The van der Waals surface area contributed by atoms with Crippen LogP contribution in [0.25, 0.3) is 10.9 Å². The molecule has 0 fully saturated rings. The number of ether oxygens (including phenoxy) is 1. The van der Waals surface area contributed by atoms with Gasteiger partial charge in [-0.3, -0.25) is 4.79 Å². The number of aromatic nitrogens is 1. The van der Waals surface area contributed by atoms with Gasteiger partial charge in [0.15, 0.2) is 5.75 Å². The van der Waals surface area contributed by atoms with Crippen LogP contribution in [0.2, 0.25) is 5.02 Å². The smallest absolute Gasteiger partial charge is 0.341 e. The van der Waals surface area contributed by atoms with E-state index in [1.807, 2.05) is 0 Å². The molecule has 7 heteroatoms. The maximum absolute atomic E-state index is 13.5. The highest BCUT2D eigenvalue weighted by molar-refractivity contribution is 6.32. The number of carboxylic acid groups (broad SMARTS) is 1. The predicted molar refractivity (Wildman–Crippen MR) is 92.4 cm³/mol. The first-order valence-electron chi connectivity index (χ1n) is 7.29. The summed E-state index contributed by atoms with van der Waals surface area (Å²) in [6, 6.07) is 8.43. The predicted octanol–water partition coefficient (Wildman–Crippen LogP) is 4.13. The first kappa shape index (κ1) is 17.0. The fourth-order valence-corrected chi connectivity index (χ4v) is 2.75. The van der Waals surface area contributed by atoms with Crippen molar-refractivity contribution < 1.29 is 19.0 Å². The summed E-state index contributed by atoms with van der Waals surface area (Å²) >= 11 is 6.05. The van der Waals surface area contributed by atoms with Gasteiger partial charge in [-0.25, -0.2) is 9.18 Å². The van der Waals surface area contributed by atoms with Crippen LogP contribution in [-0.2, 0) is 7.05 Å². The fourth-order valence-electron chi connectivity index (χ4n) is 2.60. The molecule has 0 amide bonds. The van der Waals surface area contributed by atoms with Crippen molar-refractivity contribution >= 4 is 28.5 Å². The van der Waals surface area contributed by atoms with Gasteiger partial charge < -0.3 is 14.4 Å². The summed E-state index contributed by atoms with van der Waals surface area (Å²) in [5.74, 6) is -1.41. The summed E-state index contributed by atoms with van der Waals surface area (Å²) in [4.78, 5) is 23.5. The molecule has 3 rings (SSSR count). The Morgan fingerprint density at radius 1 is 1.24 bits per heavy atom. The van der Waals surface area contributed by atoms with Crippen molar-refractivity contribution in [2.45, 2.75) is 6.92 Å². The molecule has 0 saturated heterocycles. The molecule has 128 valence electrons. The molecule has 0 aliphatic carbocycles. The molecular weight excluding hydrogens is 349 g/mol. The van der Waals surface area contributed by atoms with E-state index >= 15 is 0 Å². The second-order valence-electron chi connectivity index (χ2n) is 5.55. The molecule has 0 aliphatic heterocycles. The Morgan fingerprint density at radius 3 is 2.64 bits per heavy atom. The fraction of sp³-hybridized carbons (Fsp3) is 0.111. The Hall–Kier alpha value is -2.86.